The van der Waals surface area contributed by atoms with E-state index in [9.17, 15) is 9.18 Å². The summed E-state index contributed by atoms with van der Waals surface area (Å²) in [7, 11) is 4.09. The fourth-order valence-corrected chi connectivity index (χ4v) is 2.83. The van der Waals surface area contributed by atoms with E-state index in [1.165, 1.54) is 0 Å². The number of hydrogen-bond donors (Lipinski definition) is 0. The fraction of sp³-hybridized carbons (Fsp3) is 0.923. The van der Waals surface area contributed by atoms with Crippen molar-refractivity contribution < 1.29 is 9.18 Å². The van der Waals surface area contributed by atoms with Gasteiger partial charge in [0, 0.05) is 19.6 Å². The maximum Gasteiger partial charge on any atom is 0.240 e. The van der Waals surface area contributed by atoms with E-state index in [1.807, 2.05) is 14.1 Å². The second-order valence-corrected chi connectivity index (χ2v) is 5.67. The van der Waals surface area contributed by atoms with Gasteiger partial charge in [-0.3, -0.25) is 9.69 Å². The van der Waals surface area contributed by atoms with Crippen molar-refractivity contribution in [2.75, 3.05) is 46.8 Å². The molecule has 5 heteroatoms. The van der Waals surface area contributed by atoms with Gasteiger partial charge in [0.15, 0.2) is 0 Å². The van der Waals surface area contributed by atoms with Crippen molar-refractivity contribution in [3.8, 4) is 0 Å². The molecule has 1 amide bonds. The molecule has 0 radical (unpaired) electrons. The summed E-state index contributed by atoms with van der Waals surface area (Å²) in [6.07, 6.45) is 1.71. The molecule has 2 heterocycles. The molecule has 2 atom stereocenters. The maximum absolute atomic E-state index is 13.2. The molecule has 0 saturated carbocycles. The third-order valence-corrected chi connectivity index (χ3v) is 3.93. The number of nitrogens with zero attached hydrogens (tertiary/aromatic N) is 3. The third kappa shape index (κ3) is 3.20. The second kappa shape index (κ2) is 5.97. The third-order valence-electron chi connectivity index (χ3n) is 3.93. The SMILES string of the molecule is CN(C)CCN1CCCC1C(=O)N1CCC(F)C1. The Morgan fingerprint density at radius 1 is 1.33 bits per heavy atom. The van der Waals surface area contributed by atoms with Crippen LogP contribution in [0.15, 0.2) is 0 Å². The highest BCUT2D eigenvalue weighted by atomic mass is 19.1. The molecule has 2 fully saturated rings. The number of likely N-dealkylation sites (N-methyl/N-ethyl adjacent to an activating group) is 1. The zero-order valence-corrected chi connectivity index (χ0v) is 11.4. The Morgan fingerprint density at radius 3 is 2.72 bits per heavy atom. The van der Waals surface area contributed by atoms with Crippen LogP contribution in [0.4, 0.5) is 4.39 Å². The van der Waals surface area contributed by atoms with Gasteiger partial charge in [-0.25, -0.2) is 4.39 Å². The first-order valence-corrected chi connectivity index (χ1v) is 6.89. The minimum atomic E-state index is -0.814. The molecule has 18 heavy (non-hydrogen) atoms. The molecule has 0 bridgehead atoms. The van der Waals surface area contributed by atoms with Gasteiger partial charge in [0.05, 0.1) is 12.6 Å². The van der Waals surface area contributed by atoms with Crippen LogP contribution in [-0.4, -0.2) is 79.6 Å². The van der Waals surface area contributed by atoms with Gasteiger partial charge in [-0.1, -0.05) is 0 Å². The van der Waals surface area contributed by atoms with E-state index in [-0.39, 0.29) is 11.9 Å². The molecule has 2 aliphatic rings. The highest BCUT2D eigenvalue weighted by Crippen LogP contribution is 2.22. The summed E-state index contributed by atoms with van der Waals surface area (Å²) in [6.45, 7) is 3.79. The molecule has 0 N–H and O–H groups in total. The second-order valence-electron chi connectivity index (χ2n) is 5.67. The fourth-order valence-electron chi connectivity index (χ4n) is 2.83. The van der Waals surface area contributed by atoms with Gasteiger partial charge in [-0.05, 0) is 39.9 Å². The number of amides is 1. The van der Waals surface area contributed by atoms with Crippen LogP contribution in [0.25, 0.3) is 0 Å². The Morgan fingerprint density at radius 2 is 2.11 bits per heavy atom. The monoisotopic (exact) mass is 257 g/mol. The van der Waals surface area contributed by atoms with Crippen molar-refractivity contribution in [2.24, 2.45) is 0 Å². The van der Waals surface area contributed by atoms with Gasteiger partial charge < -0.3 is 9.80 Å². The van der Waals surface area contributed by atoms with E-state index in [2.05, 4.69) is 9.80 Å². The van der Waals surface area contributed by atoms with Crippen molar-refractivity contribution in [1.29, 1.82) is 0 Å². The molecule has 0 aromatic rings. The van der Waals surface area contributed by atoms with Crippen LogP contribution in [0.5, 0.6) is 0 Å². The van der Waals surface area contributed by atoms with E-state index in [4.69, 9.17) is 0 Å². The number of carbonyl (C=O) groups is 1. The van der Waals surface area contributed by atoms with Crippen LogP contribution in [0.3, 0.4) is 0 Å². The lowest BCUT2D eigenvalue weighted by Gasteiger charge is -2.28. The molecular formula is C13H24FN3O. The van der Waals surface area contributed by atoms with Crippen molar-refractivity contribution in [2.45, 2.75) is 31.5 Å². The average molecular weight is 257 g/mol. The minimum absolute atomic E-state index is 0.00440. The number of alkyl halides is 1. The van der Waals surface area contributed by atoms with Gasteiger partial charge in [-0.2, -0.15) is 0 Å². The summed E-state index contributed by atoms with van der Waals surface area (Å²) in [5.41, 5.74) is 0. The topological polar surface area (TPSA) is 26.8 Å². The van der Waals surface area contributed by atoms with Crippen LogP contribution in [0, 0.1) is 0 Å². The summed E-state index contributed by atoms with van der Waals surface area (Å²) in [5.74, 6) is 0.145. The van der Waals surface area contributed by atoms with E-state index in [0.29, 0.717) is 19.5 Å². The highest BCUT2D eigenvalue weighted by molar-refractivity contribution is 5.82. The minimum Gasteiger partial charge on any atom is -0.338 e. The number of rotatable bonds is 4. The van der Waals surface area contributed by atoms with Crippen molar-refractivity contribution >= 4 is 5.91 Å². The Kier molecular flexibility index (Phi) is 4.56. The van der Waals surface area contributed by atoms with Gasteiger partial charge in [-0.15, -0.1) is 0 Å². The van der Waals surface area contributed by atoms with Gasteiger partial charge >= 0.3 is 0 Å². The Bertz CT molecular complexity index is 298. The first-order chi connectivity index (χ1) is 8.58. The van der Waals surface area contributed by atoms with Crippen LogP contribution < -0.4 is 0 Å². The zero-order valence-electron chi connectivity index (χ0n) is 11.4. The molecule has 104 valence electrons. The Balaban J connectivity index is 1.88. The lowest BCUT2D eigenvalue weighted by molar-refractivity contribution is -0.135. The molecule has 2 saturated heterocycles. The molecular weight excluding hydrogens is 233 g/mol. The van der Waals surface area contributed by atoms with E-state index < -0.39 is 6.17 Å². The largest absolute Gasteiger partial charge is 0.338 e. The number of likely N-dealkylation sites (tertiary alicyclic amines) is 2. The molecule has 2 rings (SSSR count). The van der Waals surface area contributed by atoms with E-state index >= 15 is 0 Å². The van der Waals surface area contributed by atoms with Gasteiger partial charge in [0.1, 0.15) is 6.17 Å². The van der Waals surface area contributed by atoms with E-state index in [1.54, 1.807) is 4.90 Å². The number of hydrogen-bond acceptors (Lipinski definition) is 3. The van der Waals surface area contributed by atoms with Crippen LogP contribution >= 0.6 is 0 Å². The van der Waals surface area contributed by atoms with Crippen molar-refractivity contribution in [3.05, 3.63) is 0 Å². The maximum atomic E-state index is 13.2. The first-order valence-electron chi connectivity index (χ1n) is 6.89. The Labute approximate surface area is 109 Å². The molecule has 2 unspecified atom stereocenters. The first kappa shape index (κ1) is 13.7. The average Bonchev–Trinajstić information content (AvgIpc) is 2.93. The molecule has 0 aromatic heterocycles. The molecule has 0 aliphatic carbocycles. The molecule has 4 nitrogen and oxygen atoms in total. The summed E-state index contributed by atoms with van der Waals surface area (Å²) in [4.78, 5) is 18.5. The predicted octanol–water partition coefficient (Wildman–Crippen LogP) is 0.583. The summed E-state index contributed by atoms with van der Waals surface area (Å²) >= 11 is 0. The molecule has 2 aliphatic heterocycles. The van der Waals surface area contributed by atoms with Gasteiger partial charge in [0.2, 0.25) is 5.91 Å². The van der Waals surface area contributed by atoms with Crippen LogP contribution in [-0.2, 0) is 4.79 Å². The summed E-state index contributed by atoms with van der Waals surface area (Å²) < 4.78 is 13.2. The smallest absolute Gasteiger partial charge is 0.240 e. The number of carbonyl (C=O) groups excluding carboxylic acids is 1. The lowest BCUT2D eigenvalue weighted by Crippen LogP contribution is -2.46. The zero-order chi connectivity index (χ0) is 13.1. The highest BCUT2D eigenvalue weighted by Gasteiger charge is 2.36. The quantitative estimate of drug-likeness (QED) is 0.737. The van der Waals surface area contributed by atoms with Crippen molar-refractivity contribution in [3.63, 3.8) is 0 Å². The number of halogens is 1. The van der Waals surface area contributed by atoms with Crippen LogP contribution in [0.2, 0.25) is 0 Å². The van der Waals surface area contributed by atoms with Gasteiger partial charge in [0.25, 0.3) is 0 Å². The summed E-state index contributed by atoms with van der Waals surface area (Å²) in [6, 6.07) is -0.00440. The standard InChI is InChI=1S/C13H24FN3O/c1-15(2)8-9-16-6-3-4-12(16)13(18)17-7-5-11(14)10-17/h11-12H,3-10H2,1-2H3. The predicted molar refractivity (Wildman–Crippen MR) is 69.2 cm³/mol. The van der Waals surface area contributed by atoms with Crippen molar-refractivity contribution in [1.82, 2.24) is 14.7 Å². The lowest BCUT2D eigenvalue weighted by atomic mass is 10.2. The van der Waals surface area contributed by atoms with Crippen LogP contribution in [0.1, 0.15) is 19.3 Å². The normalized spacial score (nSPS) is 29.4. The van der Waals surface area contributed by atoms with E-state index in [0.717, 1.165) is 32.5 Å². The Hall–Kier alpha value is -0.680. The summed E-state index contributed by atoms with van der Waals surface area (Å²) in [5, 5.41) is 0. The molecule has 0 aromatic carbocycles. The molecule has 0 spiro atoms.